The predicted molar refractivity (Wildman–Crippen MR) is 170 cm³/mol. The van der Waals surface area contributed by atoms with Crippen molar-refractivity contribution >= 4 is 11.8 Å². The number of hydrogen-bond acceptors (Lipinski definition) is 7. The molecule has 9 nitrogen and oxygen atoms in total. The van der Waals surface area contributed by atoms with Crippen molar-refractivity contribution in [2.75, 3.05) is 34.4 Å². The van der Waals surface area contributed by atoms with Crippen LogP contribution >= 0.6 is 0 Å². The van der Waals surface area contributed by atoms with E-state index in [0.717, 1.165) is 49.2 Å². The van der Waals surface area contributed by atoms with Gasteiger partial charge in [-0.1, -0.05) is 45.0 Å². The van der Waals surface area contributed by atoms with Gasteiger partial charge >= 0.3 is 0 Å². The minimum Gasteiger partial charge on any atom is -0.504 e. The number of piperidine rings is 1. The largest absolute Gasteiger partial charge is 0.504 e. The highest BCUT2D eigenvalue weighted by Crippen LogP contribution is 2.30. The maximum Gasteiger partial charge on any atom is 0.251 e. The summed E-state index contributed by atoms with van der Waals surface area (Å²) >= 11 is 0. The normalized spacial score (nSPS) is 14.1. The summed E-state index contributed by atoms with van der Waals surface area (Å²) in [6.45, 7) is 9.15. The van der Waals surface area contributed by atoms with Crippen LogP contribution in [0, 0.1) is 5.41 Å². The highest BCUT2D eigenvalue weighted by Gasteiger charge is 2.34. The van der Waals surface area contributed by atoms with Crippen LogP contribution in [0.4, 0.5) is 0 Å². The first kappa shape index (κ1) is 32.7. The number of rotatable bonds is 11. The van der Waals surface area contributed by atoms with E-state index in [1.165, 1.54) is 0 Å². The molecule has 0 aromatic heterocycles. The third-order valence-corrected chi connectivity index (χ3v) is 8.02. The zero-order chi connectivity index (χ0) is 31.9. The Morgan fingerprint density at radius 3 is 2.02 bits per heavy atom. The van der Waals surface area contributed by atoms with Gasteiger partial charge in [-0.25, -0.2) is 0 Å². The Labute approximate surface area is 260 Å². The molecule has 44 heavy (non-hydrogen) atoms. The van der Waals surface area contributed by atoms with E-state index in [1.54, 1.807) is 33.5 Å². The number of nitrogens with zero attached hydrogens (tertiary/aromatic N) is 2. The second kappa shape index (κ2) is 14.5. The quantitative estimate of drug-likeness (QED) is 0.303. The number of aromatic hydroxyl groups is 1. The lowest BCUT2D eigenvalue weighted by atomic mass is 9.91. The van der Waals surface area contributed by atoms with Gasteiger partial charge in [0, 0.05) is 49.7 Å². The van der Waals surface area contributed by atoms with Crippen molar-refractivity contribution < 1.29 is 28.9 Å². The van der Waals surface area contributed by atoms with Gasteiger partial charge in [0.05, 0.1) is 21.3 Å². The second-order valence-corrected chi connectivity index (χ2v) is 12.3. The SMILES string of the molecule is COc1ccc(CN2CCC(N(Cc3ccc(C(=O)NCc4ccc(OC)c(OC)c4)cc3)C(=O)C(C)(C)C)CC2)cc1O. The van der Waals surface area contributed by atoms with E-state index in [4.69, 9.17) is 14.2 Å². The molecule has 2 amide bonds. The van der Waals surface area contributed by atoms with Gasteiger partial charge in [0.25, 0.3) is 5.91 Å². The van der Waals surface area contributed by atoms with E-state index >= 15 is 0 Å². The molecule has 4 rings (SSSR count). The minimum atomic E-state index is -0.512. The standard InChI is InChI=1S/C35H45N3O6/c1-35(2,3)34(41)38(28-15-17-37(18-16-28)22-26-10-13-30(42-4)29(39)19-26)23-24-7-11-27(12-8-24)33(40)36-21-25-9-14-31(43-5)32(20-25)44-6/h7-14,19-20,28,39H,15-18,21-23H2,1-6H3,(H,36,40). The van der Waals surface area contributed by atoms with Crippen molar-refractivity contribution in [2.45, 2.75) is 59.3 Å². The number of likely N-dealkylation sites (tertiary alicyclic amines) is 1. The van der Waals surface area contributed by atoms with Crippen LogP contribution in [0.3, 0.4) is 0 Å². The topological polar surface area (TPSA) is 101 Å². The van der Waals surface area contributed by atoms with Gasteiger partial charge in [0.1, 0.15) is 0 Å². The molecule has 0 spiro atoms. The molecule has 236 valence electrons. The van der Waals surface area contributed by atoms with Gasteiger partial charge in [-0.15, -0.1) is 0 Å². The molecule has 1 heterocycles. The maximum absolute atomic E-state index is 13.6. The molecule has 0 aliphatic carbocycles. The number of benzene rings is 3. The van der Waals surface area contributed by atoms with Crippen molar-refractivity contribution in [3.63, 3.8) is 0 Å². The molecule has 0 unspecified atom stereocenters. The molecule has 1 aliphatic heterocycles. The van der Waals surface area contributed by atoms with Crippen LogP contribution in [-0.4, -0.2) is 67.2 Å². The molecule has 9 heteroatoms. The Hall–Kier alpha value is -4.24. The van der Waals surface area contributed by atoms with Crippen molar-refractivity contribution in [1.29, 1.82) is 0 Å². The molecule has 3 aromatic rings. The van der Waals surface area contributed by atoms with Crippen LogP contribution in [0.5, 0.6) is 23.0 Å². The van der Waals surface area contributed by atoms with Crippen molar-refractivity contribution in [2.24, 2.45) is 5.41 Å². The van der Waals surface area contributed by atoms with E-state index in [-0.39, 0.29) is 23.6 Å². The molecule has 1 fully saturated rings. The molecular weight excluding hydrogens is 558 g/mol. The summed E-state index contributed by atoms with van der Waals surface area (Å²) in [5.74, 6) is 1.80. The fourth-order valence-corrected chi connectivity index (χ4v) is 5.51. The first-order valence-electron chi connectivity index (χ1n) is 15.0. The lowest BCUT2D eigenvalue weighted by Gasteiger charge is -2.41. The van der Waals surface area contributed by atoms with Crippen LogP contribution in [0.25, 0.3) is 0 Å². The summed E-state index contributed by atoms with van der Waals surface area (Å²) in [5.41, 5.74) is 2.95. The summed E-state index contributed by atoms with van der Waals surface area (Å²) in [7, 11) is 4.71. The van der Waals surface area contributed by atoms with E-state index in [1.807, 2.05) is 74.2 Å². The van der Waals surface area contributed by atoms with Crippen molar-refractivity contribution in [3.8, 4) is 23.0 Å². The fourth-order valence-electron chi connectivity index (χ4n) is 5.51. The number of phenols is 1. The summed E-state index contributed by atoms with van der Waals surface area (Å²) in [6.07, 6.45) is 1.72. The number of carbonyl (C=O) groups excluding carboxylic acids is 2. The van der Waals surface area contributed by atoms with Gasteiger partial charge in [-0.05, 0) is 65.9 Å². The van der Waals surface area contributed by atoms with E-state index in [9.17, 15) is 14.7 Å². The molecule has 0 bridgehead atoms. The molecule has 0 radical (unpaired) electrons. The molecule has 1 aliphatic rings. The number of carbonyl (C=O) groups is 2. The number of amides is 2. The van der Waals surface area contributed by atoms with Gasteiger partial charge in [-0.2, -0.15) is 0 Å². The Morgan fingerprint density at radius 1 is 0.841 bits per heavy atom. The Kier molecular flexibility index (Phi) is 10.8. The van der Waals surface area contributed by atoms with Crippen LogP contribution in [0.1, 0.15) is 60.7 Å². The number of ether oxygens (including phenoxy) is 3. The third-order valence-electron chi connectivity index (χ3n) is 8.02. The lowest BCUT2D eigenvalue weighted by molar-refractivity contribution is -0.143. The van der Waals surface area contributed by atoms with E-state index in [0.29, 0.717) is 35.9 Å². The first-order valence-corrected chi connectivity index (χ1v) is 15.0. The smallest absolute Gasteiger partial charge is 0.251 e. The minimum absolute atomic E-state index is 0.117. The molecule has 0 atom stereocenters. The Bertz CT molecular complexity index is 1430. The van der Waals surface area contributed by atoms with Crippen molar-refractivity contribution in [1.82, 2.24) is 15.1 Å². The molecule has 3 aromatic carbocycles. The number of phenolic OH excluding ortho intramolecular Hbond substituents is 1. The molecule has 1 saturated heterocycles. The van der Waals surface area contributed by atoms with Gasteiger partial charge in [-0.3, -0.25) is 14.5 Å². The predicted octanol–water partition coefficient (Wildman–Crippen LogP) is 5.39. The first-order chi connectivity index (χ1) is 21.0. The maximum atomic E-state index is 13.6. The second-order valence-electron chi connectivity index (χ2n) is 12.3. The van der Waals surface area contributed by atoms with Gasteiger partial charge in [0.15, 0.2) is 23.0 Å². The zero-order valence-corrected chi connectivity index (χ0v) is 26.7. The van der Waals surface area contributed by atoms with Crippen LogP contribution in [0.15, 0.2) is 60.7 Å². The van der Waals surface area contributed by atoms with Gasteiger partial charge < -0.3 is 29.5 Å². The highest BCUT2D eigenvalue weighted by atomic mass is 16.5. The molecular formula is C35H45N3O6. The highest BCUT2D eigenvalue weighted by molar-refractivity contribution is 5.94. The summed E-state index contributed by atoms with van der Waals surface area (Å²) in [4.78, 5) is 30.9. The average Bonchev–Trinajstić information content (AvgIpc) is 3.02. The summed E-state index contributed by atoms with van der Waals surface area (Å²) in [6, 6.07) is 18.7. The summed E-state index contributed by atoms with van der Waals surface area (Å²) < 4.78 is 15.8. The van der Waals surface area contributed by atoms with Crippen molar-refractivity contribution in [3.05, 3.63) is 82.9 Å². The van der Waals surface area contributed by atoms with Crippen LogP contribution in [-0.2, 0) is 24.4 Å². The van der Waals surface area contributed by atoms with Gasteiger partial charge in [0.2, 0.25) is 5.91 Å². The lowest BCUT2D eigenvalue weighted by Crippen LogP contribution is -2.50. The average molecular weight is 604 g/mol. The zero-order valence-electron chi connectivity index (χ0n) is 26.7. The molecule has 0 saturated carbocycles. The number of methoxy groups -OCH3 is 3. The van der Waals surface area contributed by atoms with Crippen LogP contribution in [0.2, 0.25) is 0 Å². The number of hydrogen-bond donors (Lipinski definition) is 2. The summed E-state index contributed by atoms with van der Waals surface area (Å²) in [5, 5.41) is 13.1. The number of nitrogens with one attached hydrogen (secondary N) is 1. The monoisotopic (exact) mass is 603 g/mol. The van der Waals surface area contributed by atoms with E-state index in [2.05, 4.69) is 10.2 Å². The Morgan fingerprint density at radius 2 is 1.43 bits per heavy atom. The van der Waals surface area contributed by atoms with Crippen LogP contribution < -0.4 is 19.5 Å². The third kappa shape index (κ3) is 8.23. The fraction of sp³-hybridized carbons (Fsp3) is 0.429. The molecule has 2 N–H and O–H groups in total. The van der Waals surface area contributed by atoms with E-state index < -0.39 is 5.41 Å². The Balaban J connectivity index is 1.37.